The Balaban J connectivity index is 1.93. The van der Waals surface area contributed by atoms with Gasteiger partial charge in [-0.15, -0.1) is 0 Å². The highest BCUT2D eigenvalue weighted by Gasteiger charge is 2.27. The van der Waals surface area contributed by atoms with Gasteiger partial charge in [0.25, 0.3) is 0 Å². The van der Waals surface area contributed by atoms with Gasteiger partial charge in [-0.05, 0) is 24.4 Å². The zero-order chi connectivity index (χ0) is 13.0. The molecule has 1 aliphatic heterocycles. The first-order valence-corrected chi connectivity index (χ1v) is 6.41. The van der Waals surface area contributed by atoms with Crippen LogP contribution in [-0.2, 0) is 6.54 Å². The van der Waals surface area contributed by atoms with Crippen molar-refractivity contribution in [2.24, 2.45) is 5.92 Å². The van der Waals surface area contributed by atoms with Crippen molar-refractivity contribution in [1.82, 2.24) is 10.2 Å². The molecule has 1 fully saturated rings. The van der Waals surface area contributed by atoms with Gasteiger partial charge in [0.15, 0.2) is 0 Å². The first-order valence-electron chi connectivity index (χ1n) is 6.41. The largest absolute Gasteiger partial charge is 0.465 e. The molecule has 2 rings (SSSR count). The fraction of sp³-hybridized carbons (Fsp3) is 0.500. The Morgan fingerprint density at radius 1 is 1.44 bits per heavy atom. The van der Waals surface area contributed by atoms with Crippen molar-refractivity contribution in [2.45, 2.75) is 25.9 Å². The average molecular weight is 248 g/mol. The molecule has 98 valence electrons. The van der Waals surface area contributed by atoms with Crippen LogP contribution in [0.5, 0.6) is 0 Å². The van der Waals surface area contributed by atoms with E-state index < -0.39 is 6.09 Å². The summed E-state index contributed by atoms with van der Waals surface area (Å²) in [6.45, 7) is 4.84. The van der Waals surface area contributed by atoms with Gasteiger partial charge in [0, 0.05) is 19.1 Å². The fourth-order valence-electron chi connectivity index (χ4n) is 2.47. The van der Waals surface area contributed by atoms with Gasteiger partial charge >= 0.3 is 6.09 Å². The number of likely N-dealkylation sites (tertiary alicyclic amines) is 1. The highest BCUT2D eigenvalue weighted by atomic mass is 16.4. The molecule has 0 aliphatic carbocycles. The summed E-state index contributed by atoms with van der Waals surface area (Å²) in [4.78, 5) is 13.1. The Kier molecular flexibility index (Phi) is 4.20. The SMILES string of the molecule is C[C@H]1CCN(Cc2ccccc2)C[C@H]1NC(=O)O. The minimum absolute atomic E-state index is 0.0416. The molecule has 1 aromatic rings. The lowest BCUT2D eigenvalue weighted by molar-refractivity contribution is 0.131. The lowest BCUT2D eigenvalue weighted by Crippen LogP contribution is -2.51. The molecule has 2 atom stereocenters. The highest BCUT2D eigenvalue weighted by molar-refractivity contribution is 5.64. The van der Waals surface area contributed by atoms with Crippen LogP contribution < -0.4 is 5.32 Å². The minimum Gasteiger partial charge on any atom is -0.465 e. The van der Waals surface area contributed by atoms with Crippen LogP contribution in [0, 0.1) is 5.92 Å². The van der Waals surface area contributed by atoms with Gasteiger partial charge in [0.05, 0.1) is 0 Å². The van der Waals surface area contributed by atoms with Crippen LogP contribution >= 0.6 is 0 Å². The monoisotopic (exact) mass is 248 g/mol. The van der Waals surface area contributed by atoms with E-state index in [4.69, 9.17) is 5.11 Å². The number of amides is 1. The van der Waals surface area contributed by atoms with Gasteiger partial charge in [-0.2, -0.15) is 0 Å². The topological polar surface area (TPSA) is 52.6 Å². The van der Waals surface area contributed by atoms with Gasteiger partial charge in [-0.25, -0.2) is 4.79 Å². The summed E-state index contributed by atoms with van der Waals surface area (Å²) in [7, 11) is 0. The van der Waals surface area contributed by atoms with Gasteiger partial charge < -0.3 is 10.4 Å². The lowest BCUT2D eigenvalue weighted by atomic mass is 9.93. The average Bonchev–Trinajstić information content (AvgIpc) is 2.34. The fourth-order valence-corrected chi connectivity index (χ4v) is 2.47. The molecule has 0 aromatic heterocycles. The second kappa shape index (κ2) is 5.87. The maximum atomic E-state index is 10.7. The summed E-state index contributed by atoms with van der Waals surface area (Å²) in [5.74, 6) is 0.410. The van der Waals surface area contributed by atoms with Crippen molar-refractivity contribution in [3.63, 3.8) is 0 Å². The summed E-state index contributed by atoms with van der Waals surface area (Å²) in [6, 6.07) is 10.3. The number of hydrogen-bond donors (Lipinski definition) is 2. The zero-order valence-electron chi connectivity index (χ0n) is 10.7. The molecule has 0 unspecified atom stereocenters. The molecule has 1 heterocycles. The summed E-state index contributed by atoms with van der Waals surface area (Å²) < 4.78 is 0. The predicted molar refractivity (Wildman–Crippen MR) is 70.4 cm³/mol. The molecule has 0 spiro atoms. The third kappa shape index (κ3) is 3.47. The molecule has 1 aromatic carbocycles. The summed E-state index contributed by atoms with van der Waals surface area (Å²) >= 11 is 0. The molecular weight excluding hydrogens is 228 g/mol. The number of carbonyl (C=O) groups is 1. The number of nitrogens with zero attached hydrogens (tertiary/aromatic N) is 1. The molecule has 1 aliphatic rings. The predicted octanol–water partition coefficient (Wildman–Crippen LogP) is 2.16. The third-order valence-electron chi connectivity index (χ3n) is 3.60. The Hall–Kier alpha value is -1.55. The van der Waals surface area contributed by atoms with E-state index in [1.54, 1.807) is 0 Å². The first-order chi connectivity index (χ1) is 8.65. The number of nitrogens with one attached hydrogen (secondary N) is 1. The van der Waals surface area contributed by atoms with Crippen molar-refractivity contribution in [3.8, 4) is 0 Å². The molecule has 0 saturated carbocycles. The van der Waals surface area contributed by atoms with Crippen LogP contribution in [0.4, 0.5) is 4.79 Å². The van der Waals surface area contributed by atoms with E-state index in [2.05, 4.69) is 29.3 Å². The zero-order valence-corrected chi connectivity index (χ0v) is 10.7. The van der Waals surface area contributed by atoms with E-state index in [9.17, 15) is 4.79 Å². The number of hydrogen-bond acceptors (Lipinski definition) is 2. The van der Waals surface area contributed by atoms with Crippen LogP contribution in [0.15, 0.2) is 30.3 Å². The van der Waals surface area contributed by atoms with E-state index in [1.807, 2.05) is 18.2 Å². The minimum atomic E-state index is -0.923. The molecule has 4 heteroatoms. The molecule has 1 amide bonds. The van der Waals surface area contributed by atoms with Gasteiger partial charge in [0.1, 0.15) is 0 Å². The smallest absolute Gasteiger partial charge is 0.404 e. The second-order valence-corrected chi connectivity index (χ2v) is 5.04. The molecule has 1 saturated heterocycles. The molecular formula is C14H20N2O2. The van der Waals surface area contributed by atoms with Crippen molar-refractivity contribution < 1.29 is 9.90 Å². The van der Waals surface area contributed by atoms with Crippen LogP contribution in [0.2, 0.25) is 0 Å². The van der Waals surface area contributed by atoms with E-state index in [0.29, 0.717) is 5.92 Å². The van der Waals surface area contributed by atoms with Gasteiger partial charge in [-0.1, -0.05) is 37.3 Å². The Labute approximate surface area is 108 Å². The molecule has 4 nitrogen and oxygen atoms in total. The standard InChI is InChI=1S/C14H20N2O2/c1-11-7-8-16(10-13(11)15-14(17)18)9-12-5-3-2-4-6-12/h2-6,11,13,15H,7-10H2,1H3,(H,17,18)/t11-,13+/m0/s1. The molecule has 0 bridgehead atoms. The Bertz CT molecular complexity index is 394. The number of benzene rings is 1. The lowest BCUT2D eigenvalue weighted by Gasteiger charge is -2.36. The highest BCUT2D eigenvalue weighted by Crippen LogP contribution is 2.19. The second-order valence-electron chi connectivity index (χ2n) is 5.04. The first kappa shape index (κ1) is 12.9. The van der Waals surface area contributed by atoms with Crippen molar-refractivity contribution >= 4 is 6.09 Å². The Morgan fingerprint density at radius 3 is 2.83 bits per heavy atom. The van der Waals surface area contributed by atoms with Gasteiger partial charge in [0.2, 0.25) is 0 Å². The van der Waals surface area contributed by atoms with E-state index in [-0.39, 0.29) is 6.04 Å². The van der Waals surface area contributed by atoms with Crippen LogP contribution in [0.1, 0.15) is 18.9 Å². The van der Waals surface area contributed by atoms with Crippen LogP contribution in [0.3, 0.4) is 0 Å². The van der Waals surface area contributed by atoms with E-state index in [1.165, 1.54) is 5.56 Å². The van der Waals surface area contributed by atoms with E-state index >= 15 is 0 Å². The third-order valence-corrected chi connectivity index (χ3v) is 3.60. The molecule has 0 radical (unpaired) electrons. The molecule has 18 heavy (non-hydrogen) atoms. The summed E-state index contributed by atoms with van der Waals surface area (Å²) in [5, 5.41) is 11.5. The van der Waals surface area contributed by atoms with Crippen molar-refractivity contribution in [3.05, 3.63) is 35.9 Å². The maximum Gasteiger partial charge on any atom is 0.404 e. The van der Waals surface area contributed by atoms with Gasteiger partial charge in [-0.3, -0.25) is 4.90 Å². The van der Waals surface area contributed by atoms with Crippen molar-refractivity contribution in [1.29, 1.82) is 0 Å². The van der Waals surface area contributed by atoms with Crippen LogP contribution in [-0.4, -0.2) is 35.2 Å². The number of carboxylic acid groups (broad SMARTS) is 1. The summed E-state index contributed by atoms with van der Waals surface area (Å²) in [5.41, 5.74) is 1.28. The van der Waals surface area contributed by atoms with Crippen LogP contribution in [0.25, 0.3) is 0 Å². The number of piperidine rings is 1. The number of rotatable bonds is 3. The quantitative estimate of drug-likeness (QED) is 0.862. The van der Waals surface area contributed by atoms with Crippen molar-refractivity contribution in [2.75, 3.05) is 13.1 Å². The van der Waals surface area contributed by atoms with E-state index in [0.717, 1.165) is 26.1 Å². The molecule has 2 N–H and O–H groups in total. The maximum absolute atomic E-state index is 10.7. The normalized spacial score (nSPS) is 24.7. The summed E-state index contributed by atoms with van der Waals surface area (Å²) in [6.07, 6.45) is 0.117. The Morgan fingerprint density at radius 2 is 2.17 bits per heavy atom.